The van der Waals surface area contributed by atoms with Crippen LogP contribution in [-0.4, -0.2) is 49.9 Å². The van der Waals surface area contributed by atoms with Crippen molar-refractivity contribution in [2.75, 3.05) is 0 Å². The van der Waals surface area contributed by atoms with Gasteiger partial charge in [-0.15, -0.1) is 0 Å². The van der Waals surface area contributed by atoms with Crippen molar-refractivity contribution in [3.63, 3.8) is 0 Å². The van der Waals surface area contributed by atoms with Gasteiger partial charge >= 0.3 is 5.97 Å². The first kappa shape index (κ1) is 18.8. The molecule has 0 spiro atoms. The van der Waals surface area contributed by atoms with Crippen LogP contribution in [0.25, 0.3) is 0 Å². The molecule has 8 heteroatoms. The number of carboxylic acids is 1. The molecule has 2 unspecified atom stereocenters. The molecule has 0 bridgehead atoms. The highest BCUT2D eigenvalue weighted by molar-refractivity contribution is 8.00. The fourth-order valence-electron chi connectivity index (χ4n) is 3.67. The molecule has 2 aromatic rings. The molecule has 2 aliphatic rings. The lowest BCUT2D eigenvalue weighted by molar-refractivity contribution is -0.688. The summed E-state index contributed by atoms with van der Waals surface area (Å²) in [7, 11) is 0. The number of aliphatic hydroxyl groups excluding tert-OH is 1. The molecule has 28 heavy (non-hydrogen) atoms. The highest BCUT2D eigenvalue weighted by Gasteiger charge is 2.63. The van der Waals surface area contributed by atoms with E-state index in [1.54, 1.807) is 13.0 Å². The lowest BCUT2D eigenvalue weighted by Crippen LogP contribution is -2.64. The number of nitrogens with zero attached hydrogens (tertiary/aromatic N) is 2. The maximum Gasteiger partial charge on any atom is 0.331 e. The number of ether oxygens (including phenoxy) is 1. The van der Waals surface area contributed by atoms with Crippen LogP contribution in [0.2, 0.25) is 0 Å². The van der Waals surface area contributed by atoms with Crippen LogP contribution < -0.4 is 9.30 Å². The topological polar surface area (TPSA) is 91.0 Å². The quantitative estimate of drug-likeness (QED) is 0.556. The first-order valence-electron chi connectivity index (χ1n) is 9.04. The van der Waals surface area contributed by atoms with Gasteiger partial charge in [-0.3, -0.25) is 4.79 Å². The molecular formula is C20H21N2O5S+. The average Bonchev–Trinajstić information content (AvgIpc) is 2.97. The van der Waals surface area contributed by atoms with E-state index in [2.05, 4.69) is 0 Å². The van der Waals surface area contributed by atoms with Gasteiger partial charge in [0.2, 0.25) is 5.91 Å². The number of rotatable bonds is 6. The third kappa shape index (κ3) is 3.33. The maximum atomic E-state index is 12.3. The Balaban J connectivity index is 1.51. The first-order chi connectivity index (χ1) is 13.5. The molecule has 0 saturated carbocycles. The van der Waals surface area contributed by atoms with Crippen molar-refractivity contribution in [2.24, 2.45) is 5.92 Å². The highest BCUT2D eigenvalue weighted by atomic mass is 32.2. The lowest BCUT2D eigenvalue weighted by atomic mass is 9.91. The number of pyridine rings is 1. The third-order valence-corrected chi connectivity index (χ3v) is 6.44. The van der Waals surface area contributed by atoms with Crippen LogP contribution in [0.4, 0.5) is 0 Å². The summed E-state index contributed by atoms with van der Waals surface area (Å²) < 4.78 is 8.01. The third-order valence-electron chi connectivity index (χ3n) is 5.02. The van der Waals surface area contributed by atoms with Crippen molar-refractivity contribution in [3.05, 3.63) is 60.4 Å². The van der Waals surface area contributed by atoms with E-state index >= 15 is 0 Å². The van der Waals surface area contributed by atoms with E-state index in [4.69, 9.17) is 4.74 Å². The van der Waals surface area contributed by atoms with Crippen molar-refractivity contribution in [3.8, 4) is 5.75 Å². The molecule has 2 N–H and O–H groups in total. The molecule has 0 aliphatic carbocycles. The number of carboxylic acid groups (broad SMARTS) is 1. The molecule has 146 valence electrons. The van der Waals surface area contributed by atoms with Crippen molar-refractivity contribution in [2.45, 2.75) is 36.4 Å². The Morgan fingerprint density at radius 2 is 2.04 bits per heavy atom. The van der Waals surface area contributed by atoms with E-state index < -0.39 is 29.5 Å². The van der Waals surface area contributed by atoms with Crippen LogP contribution in [0.3, 0.4) is 0 Å². The lowest BCUT2D eigenvalue weighted by Gasteiger charge is -2.44. The van der Waals surface area contributed by atoms with Gasteiger partial charge in [0.15, 0.2) is 30.4 Å². The Bertz CT molecular complexity index is 891. The molecule has 2 fully saturated rings. The van der Waals surface area contributed by atoms with E-state index in [9.17, 15) is 19.8 Å². The summed E-state index contributed by atoms with van der Waals surface area (Å²) in [4.78, 5) is 25.4. The minimum atomic E-state index is -1.10. The van der Waals surface area contributed by atoms with Crippen molar-refractivity contribution < 1.29 is 29.1 Å². The van der Waals surface area contributed by atoms with Gasteiger partial charge in [0.25, 0.3) is 0 Å². The van der Waals surface area contributed by atoms with E-state index in [0.717, 1.165) is 5.56 Å². The fraction of sp³-hybridized carbons (Fsp3) is 0.350. The molecule has 4 rings (SSSR count). The molecule has 1 amide bonds. The Hall–Kier alpha value is -2.58. The zero-order valence-corrected chi connectivity index (χ0v) is 16.0. The number of amides is 1. The monoisotopic (exact) mass is 401 g/mol. The highest BCUT2D eigenvalue weighted by Crippen LogP contribution is 2.49. The molecule has 1 aromatic carbocycles. The number of benzene rings is 1. The van der Waals surface area contributed by atoms with Crippen LogP contribution in [0.1, 0.15) is 12.5 Å². The summed E-state index contributed by atoms with van der Waals surface area (Å²) in [5.41, 5.74) is 0.291. The van der Waals surface area contributed by atoms with Gasteiger partial charge in [0, 0.05) is 17.7 Å². The second kappa shape index (κ2) is 7.44. The van der Waals surface area contributed by atoms with E-state index in [-0.39, 0.29) is 11.3 Å². The largest absolute Gasteiger partial charge is 0.480 e. The van der Waals surface area contributed by atoms with E-state index in [1.807, 2.05) is 53.4 Å². The maximum absolute atomic E-state index is 12.3. The summed E-state index contributed by atoms with van der Waals surface area (Å²) in [6.07, 6.45) is 3.11. The standard InChI is InChI=1S/C20H20N2O5S/c1-12(23)15-17(24)22-16(19(25)26)20(28-18(15)22)27-14-7-5-6-13(10-14)11-21-8-3-2-4-9-21/h2-10,12,15-16,18,20,23H,11H2,1H3/p+1/t12-,15+,16?,18-,20?/m1/s1. The molecule has 1 aromatic heterocycles. The van der Waals surface area contributed by atoms with Crippen LogP contribution in [0.5, 0.6) is 5.75 Å². The minimum Gasteiger partial charge on any atom is -0.480 e. The molecule has 7 nitrogen and oxygen atoms in total. The molecule has 3 heterocycles. The summed E-state index contributed by atoms with van der Waals surface area (Å²) in [6, 6.07) is 12.3. The van der Waals surface area contributed by atoms with Crippen LogP contribution in [0, 0.1) is 5.92 Å². The first-order valence-corrected chi connectivity index (χ1v) is 9.98. The number of thioether (sulfide) groups is 1. The van der Waals surface area contributed by atoms with Gasteiger partial charge in [-0.2, -0.15) is 0 Å². The van der Waals surface area contributed by atoms with Crippen LogP contribution in [0.15, 0.2) is 54.9 Å². The Kier molecular flexibility index (Phi) is 4.99. The number of hydrogen-bond donors (Lipinski definition) is 2. The minimum absolute atomic E-state index is 0.333. The second-order valence-electron chi connectivity index (χ2n) is 7.00. The summed E-state index contributed by atoms with van der Waals surface area (Å²) in [6.45, 7) is 2.21. The summed E-state index contributed by atoms with van der Waals surface area (Å²) >= 11 is 1.28. The number of hydrogen-bond acceptors (Lipinski definition) is 5. The summed E-state index contributed by atoms with van der Waals surface area (Å²) in [5, 5.41) is 19.1. The van der Waals surface area contributed by atoms with Crippen molar-refractivity contribution >= 4 is 23.6 Å². The number of aliphatic carboxylic acids is 1. The van der Waals surface area contributed by atoms with E-state index in [1.165, 1.54) is 16.7 Å². The zero-order valence-electron chi connectivity index (χ0n) is 15.2. The predicted octanol–water partition coefficient (Wildman–Crippen LogP) is 1.09. The van der Waals surface area contributed by atoms with Gasteiger partial charge in [-0.25, -0.2) is 9.36 Å². The average molecular weight is 401 g/mol. The molecule has 0 radical (unpaired) electrons. The van der Waals surface area contributed by atoms with Gasteiger partial charge in [0.1, 0.15) is 5.75 Å². The molecule has 5 atom stereocenters. The number of fused-ring (bicyclic) bond motifs is 1. The number of carbonyl (C=O) groups excluding carboxylic acids is 1. The van der Waals surface area contributed by atoms with Gasteiger partial charge in [0.05, 0.1) is 17.4 Å². The van der Waals surface area contributed by atoms with Gasteiger partial charge in [-0.05, 0) is 19.1 Å². The van der Waals surface area contributed by atoms with E-state index in [0.29, 0.717) is 12.3 Å². The number of aliphatic hydroxyl groups is 1. The summed E-state index contributed by atoms with van der Waals surface area (Å²) in [5.74, 6) is -1.46. The van der Waals surface area contributed by atoms with Crippen molar-refractivity contribution in [1.29, 1.82) is 0 Å². The Morgan fingerprint density at radius 3 is 2.71 bits per heavy atom. The van der Waals surface area contributed by atoms with Gasteiger partial charge in [-0.1, -0.05) is 30.0 Å². The molecule has 2 aliphatic heterocycles. The molecular weight excluding hydrogens is 380 g/mol. The number of β-lactam (4-membered cyclic amide) rings is 1. The second-order valence-corrected chi connectivity index (χ2v) is 8.22. The van der Waals surface area contributed by atoms with Crippen molar-refractivity contribution in [1.82, 2.24) is 4.90 Å². The number of aromatic nitrogens is 1. The van der Waals surface area contributed by atoms with Gasteiger partial charge < -0.3 is 19.8 Å². The predicted molar refractivity (Wildman–Crippen MR) is 101 cm³/mol. The zero-order chi connectivity index (χ0) is 19.8. The Morgan fingerprint density at radius 1 is 1.29 bits per heavy atom. The number of carbonyl (C=O) groups is 2. The fourth-order valence-corrected chi connectivity index (χ4v) is 5.39. The SMILES string of the molecule is C[C@@H](O)[C@H]1C(=O)N2C(C(=O)O)C(Oc3cccc(C[n+]4ccccc4)c3)S[C@H]12. The van der Waals surface area contributed by atoms with Crippen LogP contribution in [-0.2, 0) is 16.1 Å². The Labute approximate surface area is 166 Å². The van der Waals surface area contributed by atoms with Crippen LogP contribution >= 0.6 is 11.8 Å². The smallest absolute Gasteiger partial charge is 0.331 e. The normalized spacial score (nSPS) is 27.1. The molecule has 2 saturated heterocycles.